The second-order valence-corrected chi connectivity index (χ2v) is 8.72. The number of halogens is 2. The first-order valence-electron chi connectivity index (χ1n) is 10.2. The third-order valence-electron chi connectivity index (χ3n) is 5.47. The van der Waals surface area contributed by atoms with Crippen molar-refractivity contribution in [1.29, 1.82) is 0 Å². The number of carbonyl (C=O) groups excluding carboxylic acids is 1. The Labute approximate surface area is 189 Å². The predicted molar refractivity (Wildman–Crippen MR) is 128 cm³/mol. The summed E-state index contributed by atoms with van der Waals surface area (Å²) in [5.41, 5.74) is 3.05. The van der Waals surface area contributed by atoms with Crippen molar-refractivity contribution in [3.05, 3.63) is 70.0 Å². The number of rotatable bonds is 4. The van der Waals surface area contributed by atoms with Crippen LogP contribution in [-0.2, 0) is 4.79 Å². The lowest BCUT2D eigenvalue weighted by molar-refractivity contribution is -0.111. The average Bonchev–Trinajstić information content (AvgIpc) is 2.74. The minimum atomic E-state index is -0.387. The van der Waals surface area contributed by atoms with Gasteiger partial charge in [0.1, 0.15) is 11.6 Å². The Kier molecular flexibility index (Phi) is 6.34. The molecule has 2 aromatic carbocycles. The van der Waals surface area contributed by atoms with E-state index in [0.29, 0.717) is 15.7 Å². The molecule has 1 N–H and O–H groups in total. The van der Waals surface area contributed by atoms with Crippen molar-refractivity contribution < 1.29 is 9.18 Å². The van der Waals surface area contributed by atoms with E-state index < -0.39 is 0 Å². The Bertz CT molecular complexity index is 1160. The van der Waals surface area contributed by atoms with Crippen LogP contribution in [0.2, 0.25) is 0 Å². The van der Waals surface area contributed by atoms with Crippen LogP contribution in [0.25, 0.3) is 17.0 Å². The Morgan fingerprint density at radius 1 is 1.13 bits per heavy atom. The van der Waals surface area contributed by atoms with Crippen LogP contribution in [0.1, 0.15) is 11.1 Å². The summed E-state index contributed by atoms with van der Waals surface area (Å²) in [7, 11) is 2.14. The summed E-state index contributed by atoms with van der Waals surface area (Å²) in [4.78, 5) is 21.8. The lowest BCUT2D eigenvalue weighted by Crippen LogP contribution is -2.44. The van der Waals surface area contributed by atoms with Crippen molar-refractivity contribution in [3.8, 4) is 0 Å². The number of pyridine rings is 1. The molecule has 4 rings (SSSR count). The van der Waals surface area contributed by atoms with Crippen molar-refractivity contribution in [2.75, 3.05) is 43.4 Å². The minimum Gasteiger partial charge on any atom is -0.354 e. The van der Waals surface area contributed by atoms with Gasteiger partial charge in [-0.05, 0) is 62.0 Å². The SMILES string of the molecule is Cc1cc(N2CCN(C)CC2)nc2ccc(NC(=O)/C=C/c3ccc(Br)cc3F)cc12. The first kappa shape index (κ1) is 21.5. The van der Waals surface area contributed by atoms with Crippen molar-refractivity contribution in [1.82, 2.24) is 9.88 Å². The summed E-state index contributed by atoms with van der Waals surface area (Å²) in [5, 5.41) is 3.84. The molecule has 1 saturated heterocycles. The predicted octanol–water partition coefficient (Wildman–Crippen LogP) is 4.85. The van der Waals surface area contributed by atoms with Gasteiger partial charge in [0, 0.05) is 53.4 Å². The molecule has 0 aliphatic carbocycles. The summed E-state index contributed by atoms with van der Waals surface area (Å²) in [6.45, 7) is 6.05. The zero-order valence-corrected chi connectivity index (χ0v) is 19.1. The van der Waals surface area contributed by atoms with Crippen molar-refractivity contribution in [2.45, 2.75) is 6.92 Å². The van der Waals surface area contributed by atoms with Crippen LogP contribution in [-0.4, -0.2) is 49.0 Å². The highest BCUT2D eigenvalue weighted by Crippen LogP contribution is 2.26. The van der Waals surface area contributed by atoms with E-state index in [1.54, 1.807) is 12.1 Å². The van der Waals surface area contributed by atoms with Crippen LogP contribution < -0.4 is 10.2 Å². The largest absolute Gasteiger partial charge is 0.354 e. The van der Waals surface area contributed by atoms with Gasteiger partial charge in [0.2, 0.25) is 5.91 Å². The molecule has 31 heavy (non-hydrogen) atoms. The lowest BCUT2D eigenvalue weighted by Gasteiger charge is -2.33. The molecular formula is C24H24BrFN4O. The number of piperazine rings is 1. The number of nitrogens with zero attached hydrogens (tertiary/aromatic N) is 3. The van der Waals surface area contributed by atoms with E-state index >= 15 is 0 Å². The fourth-order valence-electron chi connectivity index (χ4n) is 3.64. The molecule has 7 heteroatoms. The molecule has 1 amide bonds. The highest BCUT2D eigenvalue weighted by atomic mass is 79.9. The Balaban J connectivity index is 1.49. The number of benzene rings is 2. The Hall–Kier alpha value is -2.77. The average molecular weight is 483 g/mol. The van der Waals surface area contributed by atoms with Gasteiger partial charge in [-0.2, -0.15) is 0 Å². The molecule has 2 heterocycles. The molecule has 3 aromatic rings. The van der Waals surface area contributed by atoms with Gasteiger partial charge in [0.15, 0.2) is 0 Å². The van der Waals surface area contributed by atoms with Gasteiger partial charge in [-0.15, -0.1) is 0 Å². The smallest absolute Gasteiger partial charge is 0.248 e. The van der Waals surface area contributed by atoms with Gasteiger partial charge in [0.05, 0.1) is 5.52 Å². The fraction of sp³-hybridized carbons (Fsp3) is 0.250. The third-order valence-corrected chi connectivity index (χ3v) is 5.97. The fourth-order valence-corrected chi connectivity index (χ4v) is 3.97. The van der Waals surface area contributed by atoms with Gasteiger partial charge in [-0.3, -0.25) is 4.79 Å². The van der Waals surface area contributed by atoms with E-state index in [9.17, 15) is 9.18 Å². The number of fused-ring (bicyclic) bond motifs is 1. The number of likely N-dealkylation sites (N-methyl/N-ethyl adjacent to an activating group) is 1. The van der Waals surface area contributed by atoms with Gasteiger partial charge in [-0.25, -0.2) is 9.37 Å². The van der Waals surface area contributed by atoms with E-state index in [1.807, 2.05) is 18.2 Å². The monoisotopic (exact) mass is 482 g/mol. The second kappa shape index (κ2) is 9.16. The highest BCUT2D eigenvalue weighted by Gasteiger charge is 2.16. The van der Waals surface area contributed by atoms with Crippen molar-refractivity contribution in [3.63, 3.8) is 0 Å². The standard InChI is InChI=1S/C24H24BrFN4O/c1-16-13-23(30-11-9-29(2)10-12-30)28-22-7-6-19(15-20(16)22)27-24(31)8-4-17-3-5-18(25)14-21(17)26/h3-8,13-15H,9-12H2,1-2H3,(H,27,31)/b8-4+. The maximum Gasteiger partial charge on any atom is 0.248 e. The van der Waals surface area contributed by atoms with Crippen LogP contribution in [0.5, 0.6) is 0 Å². The number of hydrogen-bond acceptors (Lipinski definition) is 4. The number of anilines is 2. The molecule has 1 aromatic heterocycles. The maximum absolute atomic E-state index is 13.9. The number of aryl methyl sites for hydroxylation is 1. The van der Waals surface area contributed by atoms with Crippen molar-refractivity contribution >= 4 is 50.3 Å². The van der Waals surface area contributed by atoms with E-state index in [0.717, 1.165) is 48.5 Å². The molecule has 0 spiro atoms. The van der Waals surface area contributed by atoms with Crippen LogP contribution in [0, 0.1) is 12.7 Å². The maximum atomic E-state index is 13.9. The normalized spacial score (nSPS) is 15.0. The molecule has 1 fully saturated rings. The molecule has 0 saturated carbocycles. The van der Waals surface area contributed by atoms with Crippen molar-refractivity contribution in [2.24, 2.45) is 0 Å². The van der Waals surface area contributed by atoms with E-state index in [1.165, 1.54) is 18.2 Å². The van der Waals surface area contributed by atoms with Gasteiger partial charge in [-0.1, -0.05) is 22.0 Å². The number of hydrogen-bond donors (Lipinski definition) is 1. The number of amides is 1. The third kappa shape index (κ3) is 5.11. The molecule has 1 aliphatic rings. The molecule has 5 nitrogen and oxygen atoms in total. The van der Waals surface area contributed by atoms with Gasteiger partial charge >= 0.3 is 0 Å². The van der Waals surface area contributed by atoms with Gasteiger partial charge in [0.25, 0.3) is 0 Å². The Morgan fingerprint density at radius 3 is 2.65 bits per heavy atom. The quantitative estimate of drug-likeness (QED) is 0.540. The first-order valence-corrected chi connectivity index (χ1v) is 11.0. The molecule has 0 radical (unpaired) electrons. The van der Waals surface area contributed by atoms with Crippen LogP contribution in [0.3, 0.4) is 0 Å². The zero-order chi connectivity index (χ0) is 22.0. The summed E-state index contributed by atoms with van der Waals surface area (Å²) in [6.07, 6.45) is 2.80. The number of nitrogens with one attached hydrogen (secondary N) is 1. The minimum absolute atomic E-state index is 0.318. The second-order valence-electron chi connectivity index (χ2n) is 7.81. The molecule has 0 unspecified atom stereocenters. The molecular weight excluding hydrogens is 459 g/mol. The van der Waals surface area contributed by atoms with E-state index in [4.69, 9.17) is 4.98 Å². The van der Waals surface area contributed by atoms with Crippen LogP contribution >= 0.6 is 15.9 Å². The molecule has 1 aliphatic heterocycles. The van der Waals surface area contributed by atoms with E-state index in [2.05, 4.69) is 51.1 Å². The summed E-state index contributed by atoms with van der Waals surface area (Å²) >= 11 is 3.22. The molecule has 0 bridgehead atoms. The summed E-state index contributed by atoms with van der Waals surface area (Å²) < 4.78 is 14.6. The topological polar surface area (TPSA) is 48.5 Å². The Morgan fingerprint density at radius 2 is 1.90 bits per heavy atom. The van der Waals surface area contributed by atoms with Crippen LogP contribution in [0.15, 0.2) is 53.0 Å². The number of carbonyl (C=O) groups is 1. The zero-order valence-electron chi connectivity index (χ0n) is 17.5. The summed E-state index contributed by atoms with van der Waals surface area (Å²) in [6, 6.07) is 12.5. The highest BCUT2D eigenvalue weighted by molar-refractivity contribution is 9.10. The first-order chi connectivity index (χ1) is 14.9. The van der Waals surface area contributed by atoms with E-state index in [-0.39, 0.29) is 11.7 Å². The molecule has 160 valence electrons. The van der Waals surface area contributed by atoms with Crippen LogP contribution in [0.4, 0.5) is 15.9 Å². The molecule has 0 atom stereocenters. The summed E-state index contributed by atoms with van der Waals surface area (Å²) in [5.74, 6) is 0.290. The number of aromatic nitrogens is 1. The lowest BCUT2D eigenvalue weighted by atomic mass is 10.1. The van der Waals surface area contributed by atoms with Gasteiger partial charge < -0.3 is 15.1 Å².